The number of hydrogen-bond donors (Lipinski definition) is 2. The van der Waals surface area contributed by atoms with E-state index in [1.807, 2.05) is 18.2 Å². The van der Waals surface area contributed by atoms with Gasteiger partial charge in [0, 0.05) is 13.7 Å². The summed E-state index contributed by atoms with van der Waals surface area (Å²) in [6, 6.07) is 12.7. The first-order valence-electron chi connectivity index (χ1n) is 5.19. The van der Waals surface area contributed by atoms with Crippen molar-refractivity contribution in [2.24, 2.45) is 0 Å². The van der Waals surface area contributed by atoms with E-state index < -0.39 is 0 Å². The fraction of sp³-hybridized carbons (Fsp3) is 0. The molecule has 0 aliphatic heterocycles. The monoisotopic (exact) mass is 416 g/mol. The molecule has 0 bridgehead atoms. The first-order valence-corrected chi connectivity index (χ1v) is 7.06. The second-order valence-corrected chi connectivity index (χ2v) is 5.69. The molecule has 3 nitrogen and oxygen atoms in total. The van der Waals surface area contributed by atoms with Crippen molar-refractivity contribution in [3.8, 4) is 0 Å². The van der Waals surface area contributed by atoms with Crippen molar-refractivity contribution >= 4 is 55.8 Å². The van der Waals surface area contributed by atoms with Gasteiger partial charge in [-0.25, -0.2) is 0 Å². The van der Waals surface area contributed by atoms with Crippen LogP contribution >= 0.6 is 38.5 Å². The van der Waals surface area contributed by atoms with Crippen molar-refractivity contribution in [1.29, 1.82) is 0 Å². The third-order valence-corrected chi connectivity index (χ3v) is 3.96. The lowest BCUT2D eigenvalue weighted by atomic mass is 10.2. The van der Waals surface area contributed by atoms with E-state index in [4.69, 9.17) is 5.73 Å². The van der Waals surface area contributed by atoms with Gasteiger partial charge in [-0.1, -0.05) is 12.1 Å². The molecule has 2 rings (SSSR count). The molecule has 0 atom stereocenters. The maximum atomic E-state index is 12.1. The molecule has 0 unspecified atom stereocenters. The number of carbonyl (C=O) groups excluding carboxylic acids is 1. The van der Waals surface area contributed by atoms with Gasteiger partial charge in [-0.2, -0.15) is 0 Å². The van der Waals surface area contributed by atoms with Crippen LogP contribution in [0.3, 0.4) is 0 Å². The van der Waals surface area contributed by atoms with Crippen molar-refractivity contribution in [2.75, 3.05) is 11.1 Å². The predicted molar refractivity (Wildman–Crippen MR) is 85.7 cm³/mol. The van der Waals surface area contributed by atoms with Crippen LogP contribution < -0.4 is 11.1 Å². The molecule has 0 saturated heterocycles. The summed E-state index contributed by atoms with van der Waals surface area (Å²) >= 11 is 5.51. The highest BCUT2D eigenvalue weighted by molar-refractivity contribution is 14.1. The molecule has 0 saturated carbocycles. The zero-order valence-electron chi connectivity index (χ0n) is 9.28. The summed E-state index contributed by atoms with van der Waals surface area (Å²) in [5.41, 5.74) is 7.65. The van der Waals surface area contributed by atoms with Crippen LogP contribution in [0.15, 0.2) is 46.9 Å². The Bertz CT molecular complexity index is 601. The number of hydrogen-bond acceptors (Lipinski definition) is 2. The molecule has 2 aromatic carbocycles. The average Bonchev–Trinajstić information content (AvgIpc) is 2.33. The Balaban J connectivity index is 2.24. The molecule has 0 radical (unpaired) electrons. The molecule has 0 fully saturated rings. The van der Waals surface area contributed by atoms with Crippen molar-refractivity contribution in [1.82, 2.24) is 0 Å². The molecular formula is C13H10BrIN2O. The Kier molecular flexibility index (Phi) is 4.23. The summed E-state index contributed by atoms with van der Waals surface area (Å²) in [6.07, 6.45) is 0. The van der Waals surface area contributed by atoms with Crippen LogP contribution in [-0.2, 0) is 0 Å². The lowest BCUT2D eigenvalue weighted by Crippen LogP contribution is -2.13. The van der Waals surface area contributed by atoms with Crippen molar-refractivity contribution in [3.63, 3.8) is 0 Å². The molecule has 0 aliphatic carbocycles. The zero-order chi connectivity index (χ0) is 13.1. The van der Waals surface area contributed by atoms with E-state index in [1.165, 1.54) is 0 Å². The van der Waals surface area contributed by atoms with Crippen molar-refractivity contribution in [2.45, 2.75) is 0 Å². The summed E-state index contributed by atoms with van der Waals surface area (Å²) in [5.74, 6) is -0.134. The van der Waals surface area contributed by atoms with Crippen LogP contribution in [0.25, 0.3) is 0 Å². The van der Waals surface area contributed by atoms with E-state index in [2.05, 4.69) is 43.8 Å². The molecule has 0 aliphatic rings. The molecule has 1 amide bonds. The number of nitrogens with one attached hydrogen (secondary N) is 1. The Morgan fingerprint density at radius 1 is 1.22 bits per heavy atom. The van der Waals surface area contributed by atoms with Crippen molar-refractivity contribution in [3.05, 3.63) is 56.1 Å². The minimum atomic E-state index is -0.134. The highest BCUT2D eigenvalue weighted by atomic mass is 127. The van der Waals surface area contributed by atoms with E-state index in [1.54, 1.807) is 24.3 Å². The zero-order valence-corrected chi connectivity index (χ0v) is 13.0. The van der Waals surface area contributed by atoms with Gasteiger partial charge in [0.1, 0.15) is 0 Å². The molecule has 0 aromatic heterocycles. The number of amides is 1. The van der Waals surface area contributed by atoms with E-state index in [9.17, 15) is 4.79 Å². The van der Waals surface area contributed by atoms with Crippen LogP contribution in [0.2, 0.25) is 0 Å². The second-order valence-electron chi connectivity index (χ2n) is 3.67. The number of anilines is 2. The summed E-state index contributed by atoms with van der Waals surface area (Å²) in [4.78, 5) is 12.1. The molecule has 92 valence electrons. The Labute approximate surface area is 127 Å². The first-order chi connectivity index (χ1) is 8.58. The van der Waals surface area contributed by atoms with E-state index in [-0.39, 0.29) is 5.91 Å². The molecule has 0 spiro atoms. The topological polar surface area (TPSA) is 55.1 Å². The summed E-state index contributed by atoms with van der Waals surface area (Å²) < 4.78 is 1.68. The molecule has 3 N–H and O–H groups in total. The highest BCUT2D eigenvalue weighted by Gasteiger charge is 2.10. The smallest absolute Gasteiger partial charge is 0.256 e. The average molecular weight is 417 g/mol. The normalized spacial score (nSPS) is 10.1. The van der Waals surface area contributed by atoms with Crippen LogP contribution in [0, 0.1) is 3.57 Å². The van der Waals surface area contributed by atoms with E-state index in [0.717, 1.165) is 8.04 Å². The van der Waals surface area contributed by atoms with Crippen LogP contribution in [0.5, 0.6) is 0 Å². The number of halogens is 2. The lowest BCUT2D eigenvalue weighted by molar-refractivity contribution is 0.102. The third kappa shape index (κ3) is 3.02. The van der Waals surface area contributed by atoms with Gasteiger partial charge in [-0.15, -0.1) is 0 Å². The third-order valence-electron chi connectivity index (χ3n) is 2.36. The van der Waals surface area contributed by atoms with Crippen molar-refractivity contribution < 1.29 is 4.79 Å². The van der Waals surface area contributed by atoms with Gasteiger partial charge in [0.05, 0.1) is 11.3 Å². The van der Waals surface area contributed by atoms with E-state index in [0.29, 0.717) is 16.9 Å². The number of nitrogens with two attached hydrogens (primary N) is 1. The number of nitrogen functional groups attached to an aromatic ring is 1. The minimum absolute atomic E-state index is 0.134. The van der Waals surface area contributed by atoms with Gasteiger partial charge in [-0.3, -0.25) is 4.79 Å². The molecule has 2 aromatic rings. The van der Waals surface area contributed by atoms with Gasteiger partial charge >= 0.3 is 0 Å². The number of carbonyl (C=O) groups is 1. The summed E-state index contributed by atoms with van der Waals surface area (Å²) in [5, 5.41) is 2.85. The fourth-order valence-electron chi connectivity index (χ4n) is 1.47. The van der Waals surface area contributed by atoms with Crippen LogP contribution in [0.4, 0.5) is 11.4 Å². The van der Waals surface area contributed by atoms with Crippen LogP contribution in [-0.4, -0.2) is 5.91 Å². The first kappa shape index (κ1) is 13.4. The largest absolute Gasteiger partial charge is 0.399 e. The lowest BCUT2D eigenvalue weighted by Gasteiger charge is -2.09. The van der Waals surface area contributed by atoms with E-state index >= 15 is 0 Å². The van der Waals surface area contributed by atoms with Gasteiger partial charge in [0.2, 0.25) is 0 Å². The SMILES string of the molecule is Nc1ccc(NC(=O)c2ccccc2I)c(Br)c1. The molecule has 0 heterocycles. The Morgan fingerprint density at radius 3 is 2.61 bits per heavy atom. The van der Waals surface area contributed by atoms with Gasteiger partial charge < -0.3 is 11.1 Å². The molecule has 18 heavy (non-hydrogen) atoms. The van der Waals surface area contributed by atoms with Gasteiger partial charge in [0.15, 0.2) is 0 Å². The van der Waals surface area contributed by atoms with Gasteiger partial charge in [0.25, 0.3) is 5.91 Å². The minimum Gasteiger partial charge on any atom is -0.399 e. The molecule has 5 heteroatoms. The maximum absolute atomic E-state index is 12.1. The fourth-order valence-corrected chi connectivity index (χ4v) is 2.60. The standard InChI is InChI=1S/C13H10BrIN2O/c14-10-7-8(16)5-6-12(10)17-13(18)9-3-1-2-4-11(9)15/h1-7H,16H2,(H,17,18). The number of benzene rings is 2. The van der Waals surface area contributed by atoms with Crippen LogP contribution in [0.1, 0.15) is 10.4 Å². The maximum Gasteiger partial charge on any atom is 0.256 e. The highest BCUT2D eigenvalue weighted by Crippen LogP contribution is 2.25. The van der Waals surface area contributed by atoms with Gasteiger partial charge in [-0.05, 0) is 68.9 Å². The predicted octanol–water partition coefficient (Wildman–Crippen LogP) is 3.89. The molecular weight excluding hydrogens is 407 g/mol. The quantitative estimate of drug-likeness (QED) is 0.576. The summed E-state index contributed by atoms with van der Waals surface area (Å²) in [7, 11) is 0. The Morgan fingerprint density at radius 2 is 1.94 bits per heavy atom. The number of rotatable bonds is 2. The second kappa shape index (κ2) is 5.71. The Hall–Kier alpha value is -1.08. The summed E-state index contributed by atoms with van der Waals surface area (Å²) in [6.45, 7) is 0.